The van der Waals surface area contributed by atoms with Crippen molar-refractivity contribution < 1.29 is 13.6 Å². The third-order valence-electron chi connectivity index (χ3n) is 0.368. The summed E-state index contributed by atoms with van der Waals surface area (Å²) in [4.78, 5) is 0. The molecule has 2 heteroatoms. The van der Waals surface area contributed by atoms with Crippen LogP contribution < -0.4 is 0 Å². The van der Waals surface area contributed by atoms with Crippen molar-refractivity contribution in [2.75, 3.05) is 0 Å². The number of hydrogen-bond donors (Lipinski definition) is 1. The van der Waals surface area contributed by atoms with Gasteiger partial charge in [0.1, 0.15) is 8.98 Å². The van der Waals surface area contributed by atoms with Crippen LogP contribution in [0.1, 0.15) is 4.11 Å². The number of aromatic hydroxyl groups is 1. The van der Waals surface area contributed by atoms with Crippen LogP contribution in [-0.2, 0) is 0 Å². The Morgan fingerprint density at radius 3 is 3.00 bits per heavy atom. The first kappa shape index (κ1) is 1.30. The van der Waals surface area contributed by atoms with Gasteiger partial charge in [-0.2, -0.15) is 0 Å². The standard InChI is InChI=1S/C4H4O2/c5-4-1-2-6-3-4/h1-3,5H/i1D,2D,3D. The quantitative estimate of drug-likeness (QED) is 0.511. The summed E-state index contributed by atoms with van der Waals surface area (Å²) in [6, 6.07) is -0.431. The molecule has 0 unspecified atom stereocenters. The van der Waals surface area contributed by atoms with E-state index in [4.69, 9.17) is 9.22 Å². The maximum atomic E-state index is 8.64. The fraction of sp³-hybridized carbons (Fsp3) is 0. The Hall–Kier alpha value is -0.920. The van der Waals surface area contributed by atoms with E-state index in [0.717, 1.165) is 0 Å². The minimum absolute atomic E-state index is 0.431. The van der Waals surface area contributed by atoms with Crippen molar-refractivity contribution in [3.8, 4) is 5.75 Å². The highest BCUT2D eigenvalue weighted by Crippen LogP contribution is 2.04. The Kier molecular flexibility index (Phi) is 0.226. The van der Waals surface area contributed by atoms with Crippen LogP contribution >= 0.6 is 0 Å². The molecular weight excluding hydrogens is 80.0 g/mol. The fourth-order valence-corrected chi connectivity index (χ4v) is 0.173. The van der Waals surface area contributed by atoms with Crippen LogP contribution in [0, 0.1) is 0 Å². The molecule has 1 heterocycles. The molecule has 1 aromatic heterocycles. The van der Waals surface area contributed by atoms with E-state index < -0.39 is 24.3 Å². The van der Waals surface area contributed by atoms with Crippen molar-refractivity contribution >= 4 is 0 Å². The lowest BCUT2D eigenvalue weighted by atomic mass is 10.6. The lowest BCUT2D eigenvalue weighted by molar-refractivity contribution is 0.458. The van der Waals surface area contributed by atoms with Crippen molar-refractivity contribution in [2.24, 2.45) is 0 Å². The molecule has 0 aliphatic rings. The average molecular weight is 87.1 g/mol. The van der Waals surface area contributed by atoms with E-state index in [0.29, 0.717) is 0 Å². The van der Waals surface area contributed by atoms with E-state index in [1.165, 1.54) is 0 Å². The molecule has 0 fully saturated rings. The molecule has 1 rings (SSSR count). The van der Waals surface area contributed by atoms with Crippen molar-refractivity contribution in [3.05, 3.63) is 18.5 Å². The summed E-state index contributed by atoms with van der Waals surface area (Å²) in [5.41, 5.74) is 0. The molecule has 0 radical (unpaired) electrons. The Morgan fingerprint density at radius 2 is 2.83 bits per heavy atom. The molecule has 1 aromatic rings. The molecule has 6 heavy (non-hydrogen) atoms. The van der Waals surface area contributed by atoms with E-state index in [1.807, 2.05) is 0 Å². The maximum Gasteiger partial charge on any atom is 0.153 e. The fourth-order valence-electron chi connectivity index (χ4n) is 0.173. The van der Waals surface area contributed by atoms with E-state index in [-0.39, 0.29) is 0 Å². The second kappa shape index (κ2) is 1.05. The maximum absolute atomic E-state index is 8.64. The lowest BCUT2D eigenvalue weighted by Crippen LogP contribution is -1.40. The summed E-state index contributed by atoms with van der Waals surface area (Å²) >= 11 is 0. The van der Waals surface area contributed by atoms with Crippen molar-refractivity contribution in [1.29, 1.82) is 0 Å². The van der Waals surface area contributed by atoms with Gasteiger partial charge in [0.2, 0.25) is 0 Å². The Labute approximate surface area is 39.2 Å². The summed E-state index contributed by atoms with van der Waals surface area (Å²) in [7, 11) is 0. The molecule has 1 N–H and O–H groups in total. The van der Waals surface area contributed by atoms with Gasteiger partial charge in [0.25, 0.3) is 0 Å². The Bertz CT molecular complexity index is 207. The molecule has 0 aliphatic carbocycles. The lowest BCUT2D eigenvalue weighted by Gasteiger charge is -1.66. The molecule has 32 valence electrons. The second-order valence-electron chi connectivity index (χ2n) is 0.780. The van der Waals surface area contributed by atoms with Crippen LogP contribution in [0.4, 0.5) is 0 Å². The van der Waals surface area contributed by atoms with Crippen LogP contribution in [0.5, 0.6) is 5.75 Å². The van der Waals surface area contributed by atoms with Gasteiger partial charge in [-0.05, 0) is 0 Å². The van der Waals surface area contributed by atoms with Crippen molar-refractivity contribution in [1.82, 2.24) is 0 Å². The van der Waals surface area contributed by atoms with E-state index in [9.17, 15) is 0 Å². The SMILES string of the molecule is [2H]c1oc([2H])c(O)c1[2H]. The predicted octanol–water partition coefficient (Wildman–Crippen LogP) is 0.985. The first-order valence-corrected chi connectivity index (χ1v) is 1.38. The van der Waals surface area contributed by atoms with Crippen LogP contribution in [0.3, 0.4) is 0 Å². The zero-order chi connectivity index (χ0) is 7.02. The van der Waals surface area contributed by atoms with Gasteiger partial charge in [-0.3, -0.25) is 0 Å². The molecule has 0 saturated heterocycles. The molecule has 0 aliphatic heterocycles. The summed E-state index contributed by atoms with van der Waals surface area (Å²) in [5.74, 6) is -0.569. The normalized spacial score (nSPS) is 15.7. The van der Waals surface area contributed by atoms with E-state index in [2.05, 4.69) is 4.42 Å². The van der Waals surface area contributed by atoms with E-state index in [1.54, 1.807) is 0 Å². The van der Waals surface area contributed by atoms with Crippen LogP contribution in [-0.4, -0.2) is 5.11 Å². The summed E-state index contributed by atoms with van der Waals surface area (Å²) in [6.07, 6.45) is -0.998. The molecule has 0 atom stereocenters. The topological polar surface area (TPSA) is 33.4 Å². The van der Waals surface area contributed by atoms with Crippen molar-refractivity contribution in [2.45, 2.75) is 0 Å². The molecule has 0 spiro atoms. The third kappa shape index (κ3) is 0.360. The Balaban J connectivity index is 3.29. The van der Waals surface area contributed by atoms with Crippen LogP contribution in [0.2, 0.25) is 0 Å². The average Bonchev–Trinajstić information content (AvgIpc) is 1.98. The van der Waals surface area contributed by atoms with Gasteiger partial charge >= 0.3 is 0 Å². The predicted molar refractivity (Wildman–Crippen MR) is 20.4 cm³/mol. The highest BCUT2D eigenvalue weighted by Gasteiger charge is 1.79. The van der Waals surface area contributed by atoms with Crippen LogP contribution in [0.15, 0.2) is 22.9 Å². The van der Waals surface area contributed by atoms with E-state index >= 15 is 0 Å². The van der Waals surface area contributed by atoms with Gasteiger partial charge in [0.15, 0.2) is 5.75 Å². The third-order valence-corrected chi connectivity index (χ3v) is 0.368. The van der Waals surface area contributed by atoms with Gasteiger partial charge in [0.05, 0.1) is 7.61 Å². The summed E-state index contributed by atoms with van der Waals surface area (Å²) in [6.45, 7) is 0. The van der Waals surface area contributed by atoms with Gasteiger partial charge in [-0.25, -0.2) is 0 Å². The van der Waals surface area contributed by atoms with Crippen molar-refractivity contribution in [3.63, 3.8) is 0 Å². The summed E-state index contributed by atoms with van der Waals surface area (Å²) in [5, 5.41) is 8.64. The number of rotatable bonds is 0. The monoisotopic (exact) mass is 87.0 g/mol. The molecule has 0 aromatic carbocycles. The summed E-state index contributed by atoms with van der Waals surface area (Å²) < 4.78 is 24.5. The van der Waals surface area contributed by atoms with Crippen LogP contribution in [0.25, 0.3) is 0 Å². The highest BCUT2D eigenvalue weighted by atomic mass is 16.3. The van der Waals surface area contributed by atoms with Gasteiger partial charge in [-0.15, -0.1) is 0 Å². The largest absolute Gasteiger partial charge is 0.505 e. The minimum Gasteiger partial charge on any atom is -0.505 e. The second-order valence-corrected chi connectivity index (χ2v) is 0.780. The smallest absolute Gasteiger partial charge is 0.153 e. The zero-order valence-electron chi connectivity index (χ0n) is 5.86. The molecule has 2 nitrogen and oxygen atoms in total. The number of hydrogen-bond acceptors (Lipinski definition) is 2. The number of furan rings is 1. The molecule has 0 saturated carbocycles. The molecule has 0 amide bonds. The minimum atomic E-state index is -0.569. The molecule has 0 bridgehead atoms. The zero-order valence-corrected chi connectivity index (χ0v) is 2.86. The first-order chi connectivity index (χ1) is 4.13. The van der Waals surface area contributed by atoms with Gasteiger partial charge < -0.3 is 9.52 Å². The van der Waals surface area contributed by atoms with Gasteiger partial charge in [-0.1, -0.05) is 0 Å². The van der Waals surface area contributed by atoms with Gasteiger partial charge in [0, 0.05) is 6.04 Å². The first-order valence-electron chi connectivity index (χ1n) is 2.88. The Morgan fingerprint density at radius 1 is 2.00 bits per heavy atom. The molecular formula is C4H4O2. The highest BCUT2D eigenvalue weighted by molar-refractivity contribution is 5.09.